The Balaban J connectivity index is 0.00000261. The lowest BCUT2D eigenvalue weighted by molar-refractivity contribution is 0.129. The molecule has 0 bridgehead atoms. The molecule has 0 aromatic carbocycles. The number of piperazine rings is 1. The smallest absolute Gasteiger partial charge is 0.194 e. The second-order valence-corrected chi connectivity index (χ2v) is 7.37. The van der Waals surface area contributed by atoms with Crippen molar-refractivity contribution >= 4 is 29.9 Å². The molecule has 0 atom stereocenters. The number of guanidine groups is 1. The van der Waals surface area contributed by atoms with E-state index < -0.39 is 0 Å². The third-order valence-corrected chi connectivity index (χ3v) is 5.39. The van der Waals surface area contributed by atoms with Crippen molar-refractivity contribution in [2.24, 2.45) is 10.4 Å². The zero-order valence-electron chi connectivity index (χ0n) is 16.7. The summed E-state index contributed by atoms with van der Waals surface area (Å²) in [6, 6.07) is 1.94. The molecule has 1 saturated carbocycles. The van der Waals surface area contributed by atoms with E-state index in [1.54, 1.807) is 6.26 Å². The summed E-state index contributed by atoms with van der Waals surface area (Å²) < 4.78 is 10.5. The fourth-order valence-corrected chi connectivity index (χ4v) is 3.43. The van der Waals surface area contributed by atoms with E-state index in [2.05, 4.69) is 34.1 Å². The Morgan fingerprint density at radius 3 is 2.67 bits per heavy atom. The molecule has 1 aromatic heterocycles. The molecule has 1 N–H and O–H groups in total. The molecule has 2 aliphatic rings. The lowest BCUT2D eigenvalue weighted by atomic mass is 10.0. The van der Waals surface area contributed by atoms with Crippen LogP contribution in [0.5, 0.6) is 0 Å². The minimum absolute atomic E-state index is 0. The van der Waals surface area contributed by atoms with Crippen LogP contribution in [-0.2, 0) is 11.3 Å². The summed E-state index contributed by atoms with van der Waals surface area (Å²) >= 11 is 0. The van der Waals surface area contributed by atoms with E-state index in [-0.39, 0.29) is 24.0 Å². The van der Waals surface area contributed by atoms with E-state index in [0.717, 1.165) is 77.1 Å². The highest BCUT2D eigenvalue weighted by Gasteiger charge is 2.42. The second-order valence-electron chi connectivity index (χ2n) is 7.37. The standard InChI is InChI=1S/C19H33N5O2.HI/c1-3-20-18(21-16-19(6-7-19)8-14-25-4-2)24-11-9-23(10-12-24)15-17-5-13-26-22-17;/h5,13H,3-4,6-12,14-16H2,1-2H3,(H,20,21);1H. The zero-order chi connectivity index (χ0) is 18.2. The highest BCUT2D eigenvalue weighted by Crippen LogP contribution is 2.49. The summed E-state index contributed by atoms with van der Waals surface area (Å²) in [4.78, 5) is 9.79. The van der Waals surface area contributed by atoms with Crippen molar-refractivity contribution in [3.8, 4) is 0 Å². The van der Waals surface area contributed by atoms with Crippen molar-refractivity contribution in [3.05, 3.63) is 18.0 Å². The van der Waals surface area contributed by atoms with Gasteiger partial charge in [0.2, 0.25) is 0 Å². The SMILES string of the molecule is CCNC(=NCC1(CCOCC)CC1)N1CCN(Cc2ccon2)CC1.I. The van der Waals surface area contributed by atoms with Crippen LogP contribution in [0.15, 0.2) is 21.8 Å². The van der Waals surface area contributed by atoms with Crippen LogP contribution >= 0.6 is 24.0 Å². The monoisotopic (exact) mass is 491 g/mol. The maximum Gasteiger partial charge on any atom is 0.194 e. The summed E-state index contributed by atoms with van der Waals surface area (Å²) in [5, 5.41) is 7.49. The van der Waals surface area contributed by atoms with Gasteiger partial charge in [-0.3, -0.25) is 9.89 Å². The number of nitrogens with one attached hydrogen (secondary N) is 1. The third-order valence-electron chi connectivity index (χ3n) is 5.39. The normalized spacial score (nSPS) is 19.6. The van der Waals surface area contributed by atoms with Crippen LogP contribution in [-0.4, -0.2) is 73.4 Å². The largest absolute Gasteiger partial charge is 0.382 e. The van der Waals surface area contributed by atoms with Gasteiger partial charge in [0.15, 0.2) is 5.96 Å². The predicted molar refractivity (Wildman–Crippen MR) is 118 cm³/mol. The first-order valence-electron chi connectivity index (χ1n) is 9.97. The first-order valence-corrected chi connectivity index (χ1v) is 9.97. The van der Waals surface area contributed by atoms with E-state index in [4.69, 9.17) is 14.3 Å². The third kappa shape index (κ3) is 6.90. The van der Waals surface area contributed by atoms with E-state index in [9.17, 15) is 0 Å². The Labute approximate surface area is 179 Å². The summed E-state index contributed by atoms with van der Waals surface area (Å²) in [5.74, 6) is 1.07. The molecule has 2 heterocycles. The Morgan fingerprint density at radius 2 is 2.07 bits per heavy atom. The molecule has 2 fully saturated rings. The van der Waals surface area contributed by atoms with Gasteiger partial charge in [-0.25, -0.2) is 0 Å². The fraction of sp³-hybridized carbons (Fsp3) is 0.789. The van der Waals surface area contributed by atoms with Gasteiger partial charge in [0.25, 0.3) is 0 Å². The van der Waals surface area contributed by atoms with Gasteiger partial charge in [-0.1, -0.05) is 5.16 Å². The fourth-order valence-electron chi connectivity index (χ4n) is 3.43. The molecule has 1 saturated heterocycles. The van der Waals surface area contributed by atoms with Crippen LogP contribution in [0.25, 0.3) is 0 Å². The summed E-state index contributed by atoms with van der Waals surface area (Å²) in [6.45, 7) is 12.6. The summed E-state index contributed by atoms with van der Waals surface area (Å²) in [6.07, 6.45) is 5.35. The number of aliphatic imine (C=N–C) groups is 1. The molecular formula is C19H34IN5O2. The van der Waals surface area contributed by atoms with Gasteiger partial charge in [0.1, 0.15) is 6.26 Å². The topological polar surface area (TPSA) is 66.1 Å². The average Bonchev–Trinajstić information content (AvgIpc) is 3.24. The molecule has 0 radical (unpaired) electrons. The number of halogens is 1. The van der Waals surface area contributed by atoms with Crippen LogP contribution in [0.4, 0.5) is 0 Å². The summed E-state index contributed by atoms with van der Waals surface area (Å²) in [7, 11) is 0. The van der Waals surface area contributed by atoms with Crippen LogP contribution in [0.1, 0.15) is 38.8 Å². The molecule has 0 unspecified atom stereocenters. The van der Waals surface area contributed by atoms with E-state index in [1.807, 2.05) is 6.07 Å². The maximum absolute atomic E-state index is 5.54. The van der Waals surface area contributed by atoms with Gasteiger partial charge in [0, 0.05) is 65.1 Å². The number of nitrogens with zero attached hydrogens (tertiary/aromatic N) is 4. The zero-order valence-corrected chi connectivity index (χ0v) is 19.0. The Kier molecular flexibility index (Phi) is 9.31. The average molecular weight is 491 g/mol. The molecule has 8 heteroatoms. The maximum atomic E-state index is 5.54. The molecule has 154 valence electrons. The molecule has 0 amide bonds. The minimum Gasteiger partial charge on any atom is -0.382 e. The van der Waals surface area contributed by atoms with Gasteiger partial charge in [-0.05, 0) is 38.5 Å². The number of hydrogen-bond donors (Lipinski definition) is 1. The molecule has 7 nitrogen and oxygen atoms in total. The van der Waals surface area contributed by atoms with Crippen LogP contribution in [0.2, 0.25) is 0 Å². The van der Waals surface area contributed by atoms with Crippen molar-refractivity contribution in [3.63, 3.8) is 0 Å². The molecule has 1 aliphatic heterocycles. The molecule has 1 aliphatic carbocycles. The Bertz CT molecular complexity index is 554. The second kappa shape index (κ2) is 11.2. The van der Waals surface area contributed by atoms with E-state index in [0.29, 0.717) is 5.41 Å². The minimum atomic E-state index is 0. The first-order chi connectivity index (χ1) is 12.7. The van der Waals surface area contributed by atoms with Gasteiger partial charge in [0.05, 0.1) is 5.69 Å². The number of aromatic nitrogens is 1. The number of ether oxygens (including phenoxy) is 1. The van der Waals surface area contributed by atoms with E-state index in [1.165, 1.54) is 12.8 Å². The summed E-state index contributed by atoms with van der Waals surface area (Å²) in [5.41, 5.74) is 1.40. The molecular weight excluding hydrogens is 457 g/mol. The van der Waals surface area contributed by atoms with E-state index >= 15 is 0 Å². The lowest BCUT2D eigenvalue weighted by Gasteiger charge is -2.36. The quantitative estimate of drug-likeness (QED) is 0.248. The van der Waals surface area contributed by atoms with Crippen molar-refractivity contribution in [2.45, 2.75) is 39.7 Å². The lowest BCUT2D eigenvalue weighted by Crippen LogP contribution is -2.52. The van der Waals surface area contributed by atoms with Crippen LogP contribution in [0, 0.1) is 5.41 Å². The molecule has 27 heavy (non-hydrogen) atoms. The molecule has 3 rings (SSSR count). The van der Waals surface area contributed by atoms with Crippen molar-refractivity contribution in [1.29, 1.82) is 0 Å². The first kappa shape index (κ1) is 22.4. The Morgan fingerprint density at radius 1 is 1.30 bits per heavy atom. The predicted octanol–water partition coefficient (Wildman–Crippen LogP) is 2.58. The number of rotatable bonds is 9. The van der Waals surface area contributed by atoms with Gasteiger partial charge < -0.3 is 19.5 Å². The highest BCUT2D eigenvalue weighted by atomic mass is 127. The van der Waals surface area contributed by atoms with Crippen LogP contribution in [0.3, 0.4) is 0 Å². The highest BCUT2D eigenvalue weighted by molar-refractivity contribution is 14.0. The Hall–Kier alpha value is -0.870. The van der Waals surface area contributed by atoms with Crippen LogP contribution < -0.4 is 5.32 Å². The van der Waals surface area contributed by atoms with Gasteiger partial charge in [-0.2, -0.15) is 0 Å². The van der Waals surface area contributed by atoms with Crippen molar-refractivity contribution in [1.82, 2.24) is 20.3 Å². The van der Waals surface area contributed by atoms with Crippen molar-refractivity contribution < 1.29 is 9.26 Å². The van der Waals surface area contributed by atoms with Gasteiger partial charge in [-0.15, -0.1) is 24.0 Å². The molecule has 1 aromatic rings. The number of hydrogen-bond acceptors (Lipinski definition) is 5. The molecule has 0 spiro atoms. The van der Waals surface area contributed by atoms with Gasteiger partial charge >= 0.3 is 0 Å². The van der Waals surface area contributed by atoms with Crippen molar-refractivity contribution in [2.75, 3.05) is 52.5 Å².